The first-order valence-corrected chi connectivity index (χ1v) is 5.49. The molecule has 1 N–H and O–H groups in total. The second-order valence-corrected chi connectivity index (χ2v) is 4.26. The fraction of sp³-hybridized carbons (Fsp3) is 0.909. The van der Waals surface area contributed by atoms with Gasteiger partial charge in [-0.1, -0.05) is 20.8 Å². The van der Waals surface area contributed by atoms with Crippen LogP contribution in [0.2, 0.25) is 0 Å². The summed E-state index contributed by atoms with van der Waals surface area (Å²) in [5.74, 6) is -0.350. The minimum Gasteiger partial charge on any atom is -0.480 e. The van der Waals surface area contributed by atoms with Gasteiger partial charge in [0.1, 0.15) is 6.04 Å². The second-order valence-electron chi connectivity index (χ2n) is 4.26. The molecule has 0 saturated carbocycles. The highest BCUT2D eigenvalue weighted by Crippen LogP contribution is 2.03. The molecule has 0 aromatic rings. The highest BCUT2D eigenvalue weighted by atomic mass is 16.5. The molecular weight excluding hydrogens is 194 g/mol. The third kappa shape index (κ3) is 6.47. The normalized spacial score (nSPS) is 13.5. The van der Waals surface area contributed by atoms with Crippen molar-refractivity contribution in [2.24, 2.45) is 5.92 Å². The van der Waals surface area contributed by atoms with Gasteiger partial charge in [-0.15, -0.1) is 0 Å². The van der Waals surface area contributed by atoms with Crippen molar-refractivity contribution in [3.8, 4) is 0 Å². The van der Waals surface area contributed by atoms with Gasteiger partial charge in [0.2, 0.25) is 0 Å². The molecule has 0 rings (SSSR count). The second kappa shape index (κ2) is 7.65. The maximum Gasteiger partial charge on any atom is 0.323 e. The number of rotatable bonds is 8. The molecule has 0 spiro atoms. The van der Waals surface area contributed by atoms with Gasteiger partial charge in [-0.25, -0.2) is 0 Å². The lowest BCUT2D eigenvalue weighted by Gasteiger charge is -2.25. The van der Waals surface area contributed by atoms with Gasteiger partial charge in [0.15, 0.2) is 0 Å². The summed E-state index contributed by atoms with van der Waals surface area (Å²) in [7, 11) is 1.83. The largest absolute Gasteiger partial charge is 0.480 e. The van der Waals surface area contributed by atoms with E-state index in [1.165, 1.54) is 0 Å². The number of ether oxygens (including phenoxy) is 1. The number of carbonyl (C=O) groups is 1. The quantitative estimate of drug-likeness (QED) is 0.625. The van der Waals surface area contributed by atoms with Crippen LogP contribution in [0.25, 0.3) is 0 Å². The van der Waals surface area contributed by atoms with E-state index in [2.05, 4.69) is 13.8 Å². The molecule has 0 fully saturated rings. The average Bonchev–Trinajstić information content (AvgIpc) is 2.10. The Balaban J connectivity index is 4.07. The lowest BCUT2D eigenvalue weighted by molar-refractivity contribution is -0.145. The monoisotopic (exact) mass is 217 g/mol. The summed E-state index contributed by atoms with van der Waals surface area (Å²) >= 11 is 0. The molecule has 90 valence electrons. The molecule has 0 amide bonds. The first kappa shape index (κ1) is 14.4. The Hall–Kier alpha value is -0.610. The van der Waals surface area contributed by atoms with E-state index >= 15 is 0 Å². The third-order valence-electron chi connectivity index (χ3n) is 2.09. The molecule has 0 heterocycles. The molecule has 1 atom stereocenters. The number of nitrogens with zero attached hydrogens (tertiary/aromatic N) is 1. The van der Waals surface area contributed by atoms with Gasteiger partial charge in [0.05, 0.1) is 6.61 Å². The van der Waals surface area contributed by atoms with Crippen LogP contribution in [0.3, 0.4) is 0 Å². The summed E-state index contributed by atoms with van der Waals surface area (Å²) in [5.41, 5.74) is 0. The molecule has 0 aliphatic carbocycles. The molecule has 0 saturated heterocycles. The van der Waals surface area contributed by atoms with E-state index in [0.29, 0.717) is 12.5 Å². The van der Waals surface area contributed by atoms with Gasteiger partial charge in [0, 0.05) is 13.2 Å². The number of aliphatic carboxylic acids is 1. The van der Waals surface area contributed by atoms with Crippen LogP contribution in [0.1, 0.15) is 27.2 Å². The van der Waals surface area contributed by atoms with Crippen LogP contribution in [-0.2, 0) is 9.53 Å². The van der Waals surface area contributed by atoms with Gasteiger partial charge in [-0.3, -0.25) is 9.69 Å². The van der Waals surface area contributed by atoms with Gasteiger partial charge in [-0.2, -0.15) is 0 Å². The fourth-order valence-electron chi connectivity index (χ4n) is 1.43. The fourth-order valence-corrected chi connectivity index (χ4v) is 1.43. The summed E-state index contributed by atoms with van der Waals surface area (Å²) in [4.78, 5) is 12.8. The highest BCUT2D eigenvalue weighted by Gasteiger charge is 2.22. The number of likely N-dealkylation sites (N-methyl/N-ethyl adjacent to an activating group) is 1. The van der Waals surface area contributed by atoms with Crippen molar-refractivity contribution in [2.75, 3.05) is 26.8 Å². The summed E-state index contributed by atoms with van der Waals surface area (Å²) in [6.45, 7) is 7.82. The number of hydrogen-bond acceptors (Lipinski definition) is 3. The van der Waals surface area contributed by atoms with Gasteiger partial charge >= 0.3 is 5.97 Å². The van der Waals surface area contributed by atoms with Gasteiger partial charge in [-0.05, 0) is 19.4 Å². The van der Waals surface area contributed by atoms with Crippen molar-refractivity contribution in [3.05, 3.63) is 0 Å². The van der Waals surface area contributed by atoms with Crippen molar-refractivity contribution >= 4 is 5.97 Å². The zero-order chi connectivity index (χ0) is 11.8. The van der Waals surface area contributed by atoms with E-state index in [9.17, 15) is 4.79 Å². The minimum absolute atomic E-state index is 0.270. The Labute approximate surface area is 92.2 Å². The van der Waals surface area contributed by atoms with Crippen LogP contribution in [0, 0.1) is 5.92 Å². The third-order valence-corrected chi connectivity index (χ3v) is 2.09. The molecule has 0 aliphatic heterocycles. The zero-order valence-electron chi connectivity index (χ0n) is 10.2. The molecule has 15 heavy (non-hydrogen) atoms. The van der Waals surface area contributed by atoms with E-state index in [0.717, 1.165) is 13.0 Å². The Morgan fingerprint density at radius 1 is 1.47 bits per heavy atom. The Kier molecular flexibility index (Phi) is 7.34. The Morgan fingerprint density at radius 3 is 2.47 bits per heavy atom. The van der Waals surface area contributed by atoms with Crippen LogP contribution in [-0.4, -0.2) is 48.8 Å². The van der Waals surface area contributed by atoms with E-state index in [1.807, 2.05) is 18.9 Å². The molecule has 0 bridgehead atoms. The van der Waals surface area contributed by atoms with Gasteiger partial charge < -0.3 is 9.84 Å². The summed E-state index contributed by atoms with van der Waals surface area (Å²) in [5, 5.41) is 9.03. The van der Waals surface area contributed by atoms with Crippen molar-refractivity contribution in [2.45, 2.75) is 33.2 Å². The van der Waals surface area contributed by atoms with Crippen LogP contribution in [0.15, 0.2) is 0 Å². The SMILES string of the molecule is CCCOCC(C(=O)O)N(C)CC(C)C. The maximum absolute atomic E-state index is 11.0. The number of carboxylic acid groups (broad SMARTS) is 1. The molecular formula is C11H23NO3. The van der Waals surface area contributed by atoms with Gasteiger partial charge in [0.25, 0.3) is 0 Å². The number of carboxylic acids is 1. The first-order valence-electron chi connectivity index (χ1n) is 5.49. The molecule has 0 aliphatic rings. The molecule has 0 aromatic carbocycles. The summed E-state index contributed by atoms with van der Waals surface area (Å²) in [6, 6.07) is -0.529. The number of hydrogen-bond donors (Lipinski definition) is 1. The van der Waals surface area contributed by atoms with E-state index < -0.39 is 12.0 Å². The van der Waals surface area contributed by atoms with E-state index in [-0.39, 0.29) is 6.61 Å². The summed E-state index contributed by atoms with van der Waals surface area (Å²) in [6.07, 6.45) is 0.917. The van der Waals surface area contributed by atoms with E-state index in [1.54, 1.807) is 0 Å². The van der Waals surface area contributed by atoms with Crippen LogP contribution >= 0.6 is 0 Å². The topological polar surface area (TPSA) is 49.8 Å². The first-order chi connectivity index (χ1) is 6.99. The Bertz CT molecular complexity index is 183. The predicted molar refractivity (Wildman–Crippen MR) is 60.0 cm³/mol. The lowest BCUT2D eigenvalue weighted by Crippen LogP contribution is -2.43. The van der Waals surface area contributed by atoms with Crippen LogP contribution < -0.4 is 0 Å². The van der Waals surface area contributed by atoms with Crippen LogP contribution in [0.4, 0.5) is 0 Å². The van der Waals surface area contributed by atoms with Crippen molar-refractivity contribution in [3.63, 3.8) is 0 Å². The van der Waals surface area contributed by atoms with Crippen molar-refractivity contribution in [1.82, 2.24) is 4.90 Å². The van der Waals surface area contributed by atoms with Crippen molar-refractivity contribution < 1.29 is 14.6 Å². The molecule has 0 radical (unpaired) electrons. The van der Waals surface area contributed by atoms with E-state index in [4.69, 9.17) is 9.84 Å². The highest BCUT2D eigenvalue weighted by molar-refractivity contribution is 5.73. The maximum atomic E-state index is 11.0. The van der Waals surface area contributed by atoms with Crippen molar-refractivity contribution in [1.29, 1.82) is 0 Å². The molecule has 4 heteroatoms. The molecule has 1 unspecified atom stereocenters. The van der Waals surface area contributed by atoms with Crippen LogP contribution in [0.5, 0.6) is 0 Å². The predicted octanol–water partition coefficient (Wildman–Crippen LogP) is 1.45. The molecule has 0 aromatic heterocycles. The average molecular weight is 217 g/mol. The lowest BCUT2D eigenvalue weighted by atomic mass is 10.2. The standard InChI is InChI=1S/C11H23NO3/c1-5-6-15-8-10(11(13)14)12(4)7-9(2)3/h9-10H,5-8H2,1-4H3,(H,13,14). The Morgan fingerprint density at radius 2 is 2.07 bits per heavy atom. The smallest absolute Gasteiger partial charge is 0.323 e. The molecule has 4 nitrogen and oxygen atoms in total. The zero-order valence-corrected chi connectivity index (χ0v) is 10.2. The summed E-state index contributed by atoms with van der Waals surface area (Å²) < 4.78 is 5.29. The minimum atomic E-state index is -0.811.